The van der Waals surface area contributed by atoms with E-state index in [9.17, 15) is 0 Å². The standard InChI is InChI=1S/C21H28O6/c1-6-13-7-9-14(10-8-13)11-22-12-15-16-17(25-20(2,3)24-16)18-19(23-15)27-21(4,5)26-18/h6-10,15-19H,1,11-12H2,2-5H3/t15-,16+,17+,18-,19-/m1/s1. The molecule has 1 aromatic rings. The van der Waals surface area contributed by atoms with Gasteiger partial charge in [0.05, 0.1) is 13.2 Å². The zero-order valence-corrected chi connectivity index (χ0v) is 16.3. The average molecular weight is 376 g/mol. The van der Waals surface area contributed by atoms with E-state index in [2.05, 4.69) is 6.58 Å². The minimum atomic E-state index is -0.710. The van der Waals surface area contributed by atoms with Gasteiger partial charge in [-0.1, -0.05) is 36.9 Å². The van der Waals surface area contributed by atoms with Gasteiger partial charge < -0.3 is 28.4 Å². The highest BCUT2D eigenvalue weighted by molar-refractivity contribution is 5.47. The average Bonchev–Trinajstić information content (AvgIpc) is 3.10. The molecule has 4 rings (SSSR count). The minimum absolute atomic E-state index is 0.249. The van der Waals surface area contributed by atoms with E-state index in [1.165, 1.54) is 0 Å². The van der Waals surface area contributed by atoms with Gasteiger partial charge in [0.25, 0.3) is 0 Å². The Kier molecular flexibility index (Phi) is 4.91. The molecule has 27 heavy (non-hydrogen) atoms. The summed E-state index contributed by atoms with van der Waals surface area (Å²) in [6.07, 6.45) is 0.223. The van der Waals surface area contributed by atoms with E-state index in [1.54, 1.807) is 0 Å². The summed E-state index contributed by atoms with van der Waals surface area (Å²) in [7, 11) is 0. The lowest BCUT2D eigenvalue weighted by Crippen LogP contribution is -2.56. The third-order valence-electron chi connectivity index (χ3n) is 5.02. The first-order chi connectivity index (χ1) is 12.8. The van der Waals surface area contributed by atoms with Crippen molar-refractivity contribution in [3.8, 4) is 0 Å². The Bertz CT molecular complexity index is 682. The number of fused-ring (bicyclic) bond motifs is 3. The van der Waals surface area contributed by atoms with Gasteiger partial charge in [-0.05, 0) is 38.8 Å². The molecule has 6 nitrogen and oxygen atoms in total. The fourth-order valence-corrected chi connectivity index (χ4v) is 3.87. The number of benzene rings is 1. The van der Waals surface area contributed by atoms with Crippen molar-refractivity contribution in [1.82, 2.24) is 0 Å². The lowest BCUT2D eigenvalue weighted by atomic mass is 9.99. The Morgan fingerprint density at radius 1 is 0.926 bits per heavy atom. The van der Waals surface area contributed by atoms with Crippen LogP contribution in [0.25, 0.3) is 6.08 Å². The Balaban J connectivity index is 1.41. The van der Waals surface area contributed by atoms with Gasteiger partial charge in [0.1, 0.15) is 24.4 Å². The van der Waals surface area contributed by atoms with Crippen molar-refractivity contribution >= 4 is 6.08 Å². The van der Waals surface area contributed by atoms with Gasteiger partial charge in [-0.2, -0.15) is 0 Å². The van der Waals surface area contributed by atoms with Crippen LogP contribution in [0.2, 0.25) is 0 Å². The summed E-state index contributed by atoms with van der Waals surface area (Å²) >= 11 is 0. The van der Waals surface area contributed by atoms with Crippen LogP contribution in [-0.4, -0.2) is 48.9 Å². The summed E-state index contributed by atoms with van der Waals surface area (Å²) < 4.78 is 36.2. The van der Waals surface area contributed by atoms with E-state index in [0.717, 1.165) is 11.1 Å². The van der Waals surface area contributed by atoms with Gasteiger partial charge in [0.15, 0.2) is 17.9 Å². The van der Waals surface area contributed by atoms with Crippen LogP contribution in [0, 0.1) is 0 Å². The van der Waals surface area contributed by atoms with Crippen LogP contribution in [0.4, 0.5) is 0 Å². The third-order valence-corrected chi connectivity index (χ3v) is 5.02. The van der Waals surface area contributed by atoms with Crippen LogP contribution in [0.1, 0.15) is 38.8 Å². The van der Waals surface area contributed by atoms with Crippen molar-refractivity contribution in [2.75, 3.05) is 6.61 Å². The molecule has 1 aromatic carbocycles. The van der Waals surface area contributed by atoms with Crippen LogP contribution < -0.4 is 0 Å². The predicted octanol–water partition coefficient (Wildman–Crippen LogP) is 3.24. The van der Waals surface area contributed by atoms with E-state index in [4.69, 9.17) is 28.4 Å². The summed E-state index contributed by atoms with van der Waals surface area (Å²) in [5, 5.41) is 0. The first kappa shape index (κ1) is 19.1. The highest BCUT2D eigenvalue weighted by Gasteiger charge is 2.60. The van der Waals surface area contributed by atoms with E-state index in [-0.39, 0.29) is 24.4 Å². The molecule has 148 valence electrons. The number of rotatable bonds is 5. The Hall–Kier alpha value is -1.28. The third kappa shape index (κ3) is 3.97. The molecule has 0 aliphatic carbocycles. The molecular formula is C21H28O6. The molecule has 0 amide bonds. The van der Waals surface area contributed by atoms with Crippen molar-refractivity contribution in [3.05, 3.63) is 42.0 Å². The van der Waals surface area contributed by atoms with Gasteiger partial charge in [-0.3, -0.25) is 0 Å². The van der Waals surface area contributed by atoms with Crippen molar-refractivity contribution in [2.45, 2.75) is 76.6 Å². The second kappa shape index (κ2) is 6.95. The molecule has 0 bridgehead atoms. The quantitative estimate of drug-likeness (QED) is 0.786. The Labute approximate surface area is 160 Å². The first-order valence-corrected chi connectivity index (χ1v) is 9.42. The zero-order valence-electron chi connectivity index (χ0n) is 16.3. The maximum atomic E-state index is 6.14. The maximum Gasteiger partial charge on any atom is 0.190 e. The number of ether oxygens (including phenoxy) is 6. The molecule has 3 aliphatic heterocycles. The normalized spacial score (nSPS) is 36.2. The van der Waals surface area contributed by atoms with E-state index in [0.29, 0.717) is 13.2 Å². The number of hydrogen-bond acceptors (Lipinski definition) is 6. The van der Waals surface area contributed by atoms with Gasteiger partial charge in [-0.15, -0.1) is 0 Å². The molecule has 3 saturated heterocycles. The highest BCUT2D eigenvalue weighted by atomic mass is 16.9. The summed E-state index contributed by atoms with van der Waals surface area (Å²) in [6, 6.07) is 8.11. The van der Waals surface area contributed by atoms with E-state index in [1.807, 2.05) is 58.0 Å². The van der Waals surface area contributed by atoms with Crippen LogP contribution >= 0.6 is 0 Å². The summed E-state index contributed by atoms with van der Waals surface area (Å²) in [5.74, 6) is -1.40. The fourth-order valence-electron chi connectivity index (χ4n) is 3.87. The lowest BCUT2D eigenvalue weighted by molar-refractivity contribution is -0.243. The molecule has 0 N–H and O–H groups in total. The molecule has 0 aromatic heterocycles. The van der Waals surface area contributed by atoms with Crippen LogP contribution in [0.15, 0.2) is 30.8 Å². The second-order valence-electron chi connectivity index (χ2n) is 8.17. The molecule has 3 fully saturated rings. The molecule has 6 heteroatoms. The highest BCUT2D eigenvalue weighted by Crippen LogP contribution is 2.44. The zero-order chi connectivity index (χ0) is 19.2. The van der Waals surface area contributed by atoms with Crippen molar-refractivity contribution in [3.63, 3.8) is 0 Å². The second-order valence-corrected chi connectivity index (χ2v) is 8.17. The molecule has 0 unspecified atom stereocenters. The van der Waals surface area contributed by atoms with Crippen molar-refractivity contribution in [2.24, 2.45) is 0 Å². The van der Waals surface area contributed by atoms with Crippen LogP contribution in [-0.2, 0) is 35.0 Å². The first-order valence-electron chi connectivity index (χ1n) is 9.42. The molecular weight excluding hydrogens is 348 g/mol. The van der Waals surface area contributed by atoms with Crippen LogP contribution in [0.3, 0.4) is 0 Å². The minimum Gasteiger partial charge on any atom is -0.374 e. The fraction of sp³-hybridized carbons (Fsp3) is 0.619. The molecule has 5 atom stereocenters. The van der Waals surface area contributed by atoms with Gasteiger partial charge >= 0.3 is 0 Å². The van der Waals surface area contributed by atoms with Gasteiger partial charge in [0.2, 0.25) is 0 Å². The van der Waals surface area contributed by atoms with Crippen molar-refractivity contribution < 1.29 is 28.4 Å². The molecule has 0 radical (unpaired) electrons. The van der Waals surface area contributed by atoms with E-state index >= 15 is 0 Å². The maximum absolute atomic E-state index is 6.14. The molecule has 3 aliphatic rings. The topological polar surface area (TPSA) is 55.4 Å². The Morgan fingerprint density at radius 3 is 2.26 bits per heavy atom. The van der Waals surface area contributed by atoms with Gasteiger partial charge in [-0.25, -0.2) is 0 Å². The molecule has 3 heterocycles. The lowest BCUT2D eigenvalue weighted by Gasteiger charge is -2.37. The van der Waals surface area contributed by atoms with E-state index < -0.39 is 17.9 Å². The summed E-state index contributed by atoms with van der Waals surface area (Å²) in [6.45, 7) is 12.2. The summed E-state index contributed by atoms with van der Waals surface area (Å²) in [5.41, 5.74) is 2.18. The van der Waals surface area contributed by atoms with Gasteiger partial charge in [0, 0.05) is 0 Å². The SMILES string of the molecule is C=Cc1ccc(COC[C@H]2O[C@@H]3OC(C)(C)O[C@@H]3[C@H]3OC(C)(C)O[C@H]32)cc1. The van der Waals surface area contributed by atoms with Crippen molar-refractivity contribution in [1.29, 1.82) is 0 Å². The smallest absolute Gasteiger partial charge is 0.190 e. The Morgan fingerprint density at radius 2 is 1.56 bits per heavy atom. The monoisotopic (exact) mass is 376 g/mol. The number of hydrogen-bond donors (Lipinski definition) is 0. The predicted molar refractivity (Wildman–Crippen MR) is 98.7 cm³/mol. The molecule has 0 saturated carbocycles. The largest absolute Gasteiger partial charge is 0.374 e. The summed E-state index contributed by atoms with van der Waals surface area (Å²) in [4.78, 5) is 0. The van der Waals surface area contributed by atoms with Crippen LogP contribution in [0.5, 0.6) is 0 Å². The molecule has 0 spiro atoms.